The second-order valence-corrected chi connectivity index (χ2v) is 7.37. The van der Waals surface area contributed by atoms with Gasteiger partial charge in [-0.3, -0.25) is 4.68 Å². The highest BCUT2D eigenvalue weighted by molar-refractivity contribution is 5.53. The molecule has 2 aromatic rings. The SMILES string of the molecule is Cn1cc(CNC2CNc3ccccc3C2)c(C2CCCCC2)n1. The van der Waals surface area contributed by atoms with Crippen molar-refractivity contribution in [1.29, 1.82) is 0 Å². The summed E-state index contributed by atoms with van der Waals surface area (Å²) in [5.74, 6) is 0.668. The van der Waals surface area contributed by atoms with Gasteiger partial charge in [-0.1, -0.05) is 37.5 Å². The second kappa shape index (κ2) is 6.98. The Hall–Kier alpha value is -1.81. The molecule has 1 aromatic carbocycles. The van der Waals surface area contributed by atoms with Crippen LogP contribution in [0.15, 0.2) is 30.5 Å². The molecule has 4 heteroatoms. The van der Waals surface area contributed by atoms with Gasteiger partial charge in [-0.05, 0) is 30.9 Å². The van der Waals surface area contributed by atoms with Gasteiger partial charge in [-0.15, -0.1) is 0 Å². The number of anilines is 1. The molecule has 4 nitrogen and oxygen atoms in total. The fourth-order valence-corrected chi connectivity index (χ4v) is 4.25. The van der Waals surface area contributed by atoms with E-state index in [1.54, 1.807) is 0 Å². The van der Waals surface area contributed by atoms with Gasteiger partial charge in [0.05, 0.1) is 5.69 Å². The number of nitrogens with one attached hydrogen (secondary N) is 2. The fraction of sp³-hybridized carbons (Fsp3) is 0.550. The number of rotatable bonds is 4. The normalized spacial score (nSPS) is 21.3. The monoisotopic (exact) mass is 324 g/mol. The molecule has 1 fully saturated rings. The predicted molar refractivity (Wildman–Crippen MR) is 98.3 cm³/mol. The van der Waals surface area contributed by atoms with E-state index in [9.17, 15) is 0 Å². The Bertz CT molecular complexity index is 685. The van der Waals surface area contributed by atoms with Gasteiger partial charge in [-0.2, -0.15) is 5.10 Å². The summed E-state index contributed by atoms with van der Waals surface area (Å²) in [6.07, 6.45) is 10.0. The van der Waals surface area contributed by atoms with Crippen LogP contribution in [0.2, 0.25) is 0 Å². The molecule has 4 rings (SSSR count). The molecular formula is C20H28N4. The van der Waals surface area contributed by atoms with Crippen molar-refractivity contribution in [3.63, 3.8) is 0 Å². The summed E-state index contributed by atoms with van der Waals surface area (Å²) in [6, 6.07) is 9.12. The van der Waals surface area contributed by atoms with Crippen LogP contribution in [-0.4, -0.2) is 22.4 Å². The smallest absolute Gasteiger partial charge is 0.0700 e. The molecule has 0 radical (unpaired) electrons. The van der Waals surface area contributed by atoms with Crippen molar-refractivity contribution in [2.75, 3.05) is 11.9 Å². The van der Waals surface area contributed by atoms with Crippen LogP contribution >= 0.6 is 0 Å². The van der Waals surface area contributed by atoms with Crippen molar-refractivity contribution in [3.8, 4) is 0 Å². The van der Waals surface area contributed by atoms with Crippen LogP contribution in [0.5, 0.6) is 0 Å². The van der Waals surface area contributed by atoms with E-state index >= 15 is 0 Å². The van der Waals surface area contributed by atoms with Crippen LogP contribution in [-0.2, 0) is 20.0 Å². The molecule has 0 spiro atoms. The minimum Gasteiger partial charge on any atom is -0.383 e. The molecule has 0 amide bonds. The first-order chi connectivity index (χ1) is 11.8. The summed E-state index contributed by atoms with van der Waals surface area (Å²) < 4.78 is 2.00. The molecule has 2 heterocycles. The zero-order valence-electron chi connectivity index (χ0n) is 14.6. The molecule has 2 aliphatic rings. The maximum absolute atomic E-state index is 4.80. The van der Waals surface area contributed by atoms with Gasteiger partial charge in [0.2, 0.25) is 0 Å². The van der Waals surface area contributed by atoms with E-state index in [4.69, 9.17) is 5.10 Å². The Morgan fingerprint density at radius 2 is 2.04 bits per heavy atom. The summed E-state index contributed by atoms with van der Waals surface area (Å²) in [6.45, 7) is 1.92. The molecule has 0 bridgehead atoms. The van der Waals surface area contributed by atoms with E-state index in [1.807, 2.05) is 11.7 Å². The fourth-order valence-electron chi connectivity index (χ4n) is 4.25. The van der Waals surface area contributed by atoms with Crippen molar-refractivity contribution in [2.24, 2.45) is 7.05 Å². The van der Waals surface area contributed by atoms with E-state index < -0.39 is 0 Å². The average Bonchev–Trinajstić information content (AvgIpc) is 3.01. The Balaban J connectivity index is 1.41. The van der Waals surface area contributed by atoms with Gasteiger partial charge >= 0.3 is 0 Å². The lowest BCUT2D eigenvalue weighted by Gasteiger charge is -2.27. The van der Waals surface area contributed by atoms with Crippen LogP contribution < -0.4 is 10.6 Å². The zero-order valence-corrected chi connectivity index (χ0v) is 14.6. The van der Waals surface area contributed by atoms with Crippen molar-refractivity contribution < 1.29 is 0 Å². The lowest BCUT2D eigenvalue weighted by molar-refractivity contribution is 0.429. The van der Waals surface area contributed by atoms with Crippen LogP contribution in [0.4, 0.5) is 5.69 Å². The van der Waals surface area contributed by atoms with Gasteiger partial charge in [0, 0.05) is 49.5 Å². The predicted octanol–water partition coefficient (Wildman–Crippen LogP) is 3.59. The molecule has 1 atom stereocenters. The first-order valence-electron chi connectivity index (χ1n) is 9.37. The molecule has 0 saturated heterocycles. The summed E-state index contributed by atoms with van der Waals surface area (Å²) in [7, 11) is 2.05. The molecule has 1 saturated carbocycles. The van der Waals surface area contributed by atoms with Gasteiger partial charge in [0.15, 0.2) is 0 Å². The van der Waals surface area contributed by atoms with E-state index in [-0.39, 0.29) is 0 Å². The maximum atomic E-state index is 4.80. The Labute approximate surface area is 144 Å². The second-order valence-electron chi connectivity index (χ2n) is 7.37. The number of benzene rings is 1. The zero-order chi connectivity index (χ0) is 16.4. The molecule has 1 unspecified atom stereocenters. The third-order valence-corrected chi connectivity index (χ3v) is 5.53. The van der Waals surface area contributed by atoms with E-state index in [1.165, 1.54) is 54.6 Å². The van der Waals surface area contributed by atoms with Crippen LogP contribution in [0, 0.1) is 0 Å². The van der Waals surface area contributed by atoms with Gasteiger partial charge in [0.25, 0.3) is 0 Å². The third-order valence-electron chi connectivity index (χ3n) is 5.53. The number of para-hydroxylation sites is 1. The van der Waals surface area contributed by atoms with Crippen molar-refractivity contribution in [3.05, 3.63) is 47.3 Å². The topological polar surface area (TPSA) is 41.9 Å². The first-order valence-corrected chi connectivity index (χ1v) is 9.37. The van der Waals surface area contributed by atoms with Crippen LogP contribution in [0.25, 0.3) is 0 Å². The lowest BCUT2D eigenvalue weighted by Crippen LogP contribution is -2.40. The van der Waals surface area contributed by atoms with Gasteiger partial charge in [-0.25, -0.2) is 0 Å². The standard InChI is InChI=1S/C20H28N4/c1-24-14-17(20(23-24)15-7-3-2-4-8-15)12-21-18-11-16-9-5-6-10-19(16)22-13-18/h5-6,9-10,14-15,18,21-22H,2-4,7-8,11-13H2,1H3. The highest BCUT2D eigenvalue weighted by atomic mass is 15.3. The van der Waals surface area contributed by atoms with Crippen LogP contribution in [0.1, 0.15) is 54.8 Å². The highest BCUT2D eigenvalue weighted by Gasteiger charge is 2.23. The number of aryl methyl sites for hydroxylation is 1. The molecular weight excluding hydrogens is 296 g/mol. The highest BCUT2D eigenvalue weighted by Crippen LogP contribution is 2.33. The van der Waals surface area contributed by atoms with Crippen molar-refractivity contribution in [1.82, 2.24) is 15.1 Å². The number of aromatic nitrogens is 2. The van der Waals surface area contributed by atoms with E-state index in [0.29, 0.717) is 12.0 Å². The van der Waals surface area contributed by atoms with Gasteiger partial charge < -0.3 is 10.6 Å². The summed E-state index contributed by atoms with van der Waals surface area (Å²) in [4.78, 5) is 0. The molecule has 128 valence electrons. The Morgan fingerprint density at radius 1 is 1.21 bits per heavy atom. The number of fused-ring (bicyclic) bond motifs is 1. The average molecular weight is 324 g/mol. The van der Waals surface area contributed by atoms with Crippen LogP contribution in [0.3, 0.4) is 0 Å². The third kappa shape index (κ3) is 3.34. The lowest BCUT2D eigenvalue weighted by atomic mass is 9.85. The molecule has 24 heavy (non-hydrogen) atoms. The quantitative estimate of drug-likeness (QED) is 0.903. The summed E-state index contributed by atoms with van der Waals surface area (Å²) in [5, 5.41) is 12.1. The summed E-state index contributed by atoms with van der Waals surface area (Å²) in [5.41, 5.74) is 5.44. The first kappa shape index (κ1) is 15.7. The minimum atomic E-state index is 0.485. The molecule has 1 aliphatic carbocycles. The Morgan fingerprint density at radius 3 is 2.92 bits per heavy atom. The number of hydrogen-bond acceptors (Lipinski definition) is 3. The largest absolute Gasteiger partial charge is 0.383 e. The molecule has 1 aliphatic heterocycles. The van der Waals surface area contributed by atoms with Gasteiger partial charge in [0.1, 0.15) is 0 Å². The molecule has 2 N–H and O–H groups in total. The maximum Gasteiger partial charge on any atom is 0.0700 e. The minimum absolute atomic E-state index is 0.485. The Kier molecular flexibility index (Phi) is 4.56. The summed E-state index contributed by atoms with van der Waals surface area (Å²) >= 11 is 0. The number of hydrogen-bond donors (Lipinski definition) is 2. The van der Waals surface area contributed by atoms with E-state index in [2.05, 4.69) is 41.1 Å². The molecule has 1 aromatic heterocycles. The van der Waals surface area contributed by atoms with Crippen molar-refractivity contribution in [2.45, 2.75) is 57.0 Å². The van der Waals surface area contributed by atoms with E-state index in [0.717, 1.165) is 19.5 Å². The number of nitrogens with zero attached hydrogens (tertiary/aromatic N) is 2. The van der Waals surface area contributed by atoms with Crippen molar-refractivity contribution >= 4 is 5.69 Å².